The molecule has 2 aromatic rings. The lowest BCUT2D eigenvalue weighted by Crippen LogP contribution is -2.32. The molecular weight excluding hydrogens is 352 g/mol. The maximum absolute atomic E-state index is 12.1. The van der Waals surface area contributed by atoms with Gasteiger partial charge in [-0.15, -0.1) is 0 Å². The Balaban J connectivity index is 1.81. The maximum Gasteiger partial charge on any atom is 0.329 e. The van der Waals surface area contributed by atoms with Crippen LogP contribution in [0.1, 0.15) is 17.1 Å². The first kappa shape index (κ1) is 18.7. The van der Waals surface area contributed by atoms with Crippen LogP contribution in [0.4, 0.5) is 14.5 Å². The van der Waals surface area contributed by atoms with E-state index in [1.807, 2.05) is 6.92 Å². The average Bonchev–Trinajstić information content (AvgIpc) is 3.02. The molecule has 9 heteroatoms. The molecule has 1 aromatic heterocycles. The molecule has 0 bridgehead atoms. The molecule has 2 N–H and O–H groups in total. The largest absolute Gasteiger partial charge is 0.459 e. The molecule has 25 heavy (non-hydrogen) atoms. The van der Waals surface area contributed by atoms with E-state index >= 15 is 0 Å². The van der Waals surface area contributed by atoms with Crippen molar-refractivity contribution >= 4 is 35.5 Å². The van der Waals surface area contributed by atoms with E-state index in [0.29, 0.717) is 23.2 Å². The van der Waals surface area contributed by atoms with Crippen LogP contribution in [0.2, 0.25) is 0 Å². The first-order valence-corrected chi connectivity index (χ1v) is 8.18. The number of carbonyl (C=O) groups excluding carboxylic acids is 2. The Labute approximate surface area is 146 Å². The zero-order chi connectivity index (χ0) is 18.2. The fourth-order valence-corrected chi connectivity index (χ4v) is 2.16. The van der Waals surface area contributed by atoms with Gasteiger partial charge in [0.15, 0.2) is 0 Å². The van der Waals surface area contributed by atoms with Crippen LogP contribution in [0.3, 0.4) is 0 Å². The number of nitrogens with zero attached hydrogens (tertiary/aromatic N) is 1. The molecule has 0 aliphatic carbocycles. The number of furan rings is 1. The molecule has 132 valence electrons. The van der Waals surface area contributed by atoms with Gasteiger partial charge in [-0.05, 0) is 31.2 Å². The van der Waals surface area contributed by atoms with Gasteiger partial charge >= 0.3 is 11.8 Å². The van der Waals surface area contributed by atoms with E-state index in [0.717, 1.165) is 5.56 Å². The van der Waals surface area contributed by atoms with Gasteiger partial charge in [-0.2, -0.15) is 13.9 Å². The smallest absolute Gasteiger partial charge is 0.329 e. The highest BCUT2D eigenvalue weighted by molar-refractivity contribution is 7.98. The summed E-state index contributed by atoms with van der Waals surface area (Å²) < 4.78 is 29.4. The molecular formula is C16H15F2N3O3S. The summed E-state index contributed by atoms with van der Waals surface area (Å²) in [7, 11) is 0. The van der Waals surface area contributed by atoms with Gasteiger partial charge in [0.25, 0.3) is 5.76 Å². The summed E-state index contributed by atoms with van der Waals surface area (Å²) in [5.41, 5.74) is 3.57. The van der Waals surface area contributed by atoms with E-state index in [2.05, 4.69) is 15.8 Å². The highest BCUT2D eigenvalue weighted by Crippen LogP contribution is 2.20. The highest BCUT2D eigenvalue weighted by Gasteiger charge is 2.12. The number of rotatable bonds is 6. The minimum atomic E-state index is -2.48. The lowest BCUT2D eigenvalue weighted by molar-refractivity contribution is -0.136. The van der Waals surface area contributed by atoms with Crippen molar-refractivity contribution in [3.8, 4) is 0 Å². The number of aryl methyl sites for hydroxylation is 1. The summed E-state index contributed by atoms with van der Waals surface area (Å²) in [5.74, 6) is -3.64. The van der Waals surface area contributed by atoms with E-state index in [9.17, 15) is 18.4 Å². The Hall–Kier alpha value is -2.68. The van der Waals surface area contributed by atoms with Crippen molar-refractivity contribution in [3.05, 3.63) is 53.5 Å². The number of halogens is 2. The van der Waals surface area contributed by atoms with Gasteiger partial charge in [0.05, 0.1) is 12.0 Å². The van der Waals surface area contributed by atoms with Gasteiger partial charge in [-0.3, -0.25) is 9.59 Å². The molecule has 1 heterocycles. The van der Waals surface area contributed by atoms with Crippen molar-refractivity contribution in [1.82, 2.24) is 5.43 Å². The van der Waals surface area contributed by atoms with E-state index in [-0.39, 0.29) is 11.5 Å². The van der Waals surface area contributed by atoms with Crippen molar-refractivity contribution in [2.75, 3.05) is 5.32 Å². The second-order valence-electron chi connectivity index (χ2n) is 4.90. The third-order valence-corrected chi connectivity index (χ3v) is 3.61. The first-order chi connectivity index (χ1) is 11.9. The van der Waals surface area contributed by atoms with Crippen molar-refractivity contribution in [3.63, 3.8) is 0 Å². The number of amides is 2. The van der Waals surface area contributed by atoms with E-state index < -0.39 is 17.6 Å². The van der Waals surface area contributed by atoms with Crippen LogP contribution in [0, 0.1) is 6.92 Å². The molecule has 2 amide bonds. The zero-order valence-electron chi connectivity index (χ0n) is 13.2. The second kappa shape index (κ2) is 8.97. The Bertz CT molecular complexity index is 760. The van der Waals surface area contributed by atoms with Gasteiger partial charge in [0.2, 0.25) is 0 Å². The van der Waals surface area contributed by atoms with Crippen LogP contribution in [0.15, 0.2) is 45.9 Å². The molecule has 0 atom stereocenters. The Morgan fingerprint density at radius 3 is 2.60 bits per heavy atom. The van der Waals surface area contributed by atoms with Crippen LogP contribution in [0.25, 0.3) is 0 Å². The van der Waals surface area contributed by atoms with Gasteiger partial charge in [0.1, 0.15) is 11.5 Å². The third-order valence-electron chi connectivity index (χ3n) is 2.91. The Kier molecular flexibility index (Phi) is 6.70. The number of benzene rings is 1. The van der Waals surface area contributed by atoms with Crippen LogP contribution < -0.4 is 10.7 Å². The van der Waals surface area contributed by atoms with Crippen LogP contribution >= 0.6 is 11.8 Å². The fourth-order valence-electron chi connectivity index (χ4n) is 1.72. The Morgan fingerprint density at radius 2 is 1.92 bits per heavy atom. The molecule has 0 radical (unpaired) electrons. The summed E-state index contributed by atoms with van der Waals surface area (Å²) in [6, 6.07) is 9.99. The number of hydrogen-bond donors (Lipinski definition) is 2. The number of hydrogen-bond acceptors (Lipinski definition) is 5. The van der Waals surface area contributed by atoms with Crippen LogP contribution in [-0.2, 0) is 15.3 Å². The van der Waals surface area contributed by atoms with Crippen molar-refractivity contribution in [1.29, 1.82) is 0 Å². The summed E-state index contributed by atoms with van der Waals surface area (Å²) in [6.45, 7) is 1.90. The number of hydrazone groups is 1. The van der Waals surface area contributed by atoms with Gasteiger partial charge in [-0.25, -0.2) is 5.43 Å². The topological polar surface area (TPSA) is 83.7 Å². The molecule has 0 aliphatic heterocycles. The maximum atomic E-state index is 12.1. The predicted molar refractivity (Wildman–Crippen MR) is 91.6 cm³/mol. The minimum absolute atomic E-state index is 0.0246. The number of thioether (sulfide) groups is 1. The molecule has 0 saturated carbocycles. The van der Waals surface area contributed by atoms with Gasteiger partial charge in [0, 0.05) is 5.69 Å². The normalized spacial score (nSPS) is 11.0. The SMILES string of the molecule is Cc1ccc(NC(=O)C(=O)N/N=C\c2ccc(CSC(F)F)o2)cc1. The molecule has 1 aromatic carbocycles. The lowest BCUT2D eigenvalue weighted by atomic mass is 10.2. The quantitative estimate of drug-likeness (QED) is 0.467. The molecule has 2 rings (SSSR count). The van der Waals surface area contributed by atoms with Crippen LogP contribution in [0.5, 0.6) is 0 Å². The van der Waals surface area contributed by atoms with Crippen molar-refractivity contribution in [2.24, 2.45) is 5.10 Å². The van der Waals surface area contributed by atoms with E-state index in [4.69, 9.17) is 4.42 Å². The van der Waals surface area contributed by atoms with E-state index in [1.165, 1.54) is 18.3 Å². The predicted octanol–water partition coefficient (Wildman–Crippen LogP) is 3.13. The Morgan fingerprint density at radius 1 is 1.20 bits per heavy atom. The lowest BCUT2D eigenvalue weighted by Gasteiger charge is -2.03. The van der Waals surface area contributed by atoms with E-state index in [1.54, 1.807) is 24.3 Å². The summed E-state index contributed by atoms with van der Waals surface area (Å²) in [5, 5.41) is 6.02. The summed E-state index contributed by atoms with van der Waals surface area (Å²) >= 11 is 0.438. The zero-order valence-corrected chi connectivity index (χ0v) is 14.0. The first-order valence-electron chi connectivity index (χ1n) is 7.13. The van der Waals surface area contributed by atoms with Crippen molar-refractivity contribution in [2.45, 2.75) is 18.4 Å². The molecule has 0 unspecified atom stereocenters. The fraction of sp³-hybridized carbons (Fsp3) is 0.188. The number of nitrogens with one attached hydrogen (secondary N) is 2. The monoisotopic (exact) mass is 367 g/mol. The molecule has 0 aliphatic rings. The average molecular weight is 367 g/mol. The molecule has 0 saturated heterocycles. The third kappa shape index (κ3) is 6.38. The minimum Gasteiger partial charge on any atom is -0.459 e. The number of carbonyl (C=O) groups is 2. The number of alkyl halides is 2. The molecule has 0 fully saturated rings. The molecule has 0 spiro atoms. The van der Waals surface area contributed by atoms with Crippen molar-refractivity contribution < 1.29 is 22.8 Å². The van der Waals surface area contributed by atoms with Crippen LogP contribution in [-0.4, -0.2) is 23.8 Å². The standard InChI is InChI=1S/C16H15F2N3O3S/c1-10-2-4-11(5-3-10)20-14(22)15(23)21-19-8-12-6-7-13(24-12)9-25-16(17)18/h2-8,16H,9H2,1H3,(H,20,22)(H,21,23)/b19-8-. The van der Waals surface area contributed by atoms with Gasteiger partial charge < -0.3 is 9.73 Å². The molecule has 6 nitrogen and oxygen atoms in total. The van der Waals surface area contributed by atoms with Gasteiger partial charge in [-0.1, -0.05) is 29.5 Å². The summed E-state index contributed by atoms with van der Waals surface area (Å²) in [4.78, 5) is 23.3. The number of anilines is 1. The summed E-state index contributed by atoms with van der Waals surface area (Å²) in [6.07, 6.45) is 1.17. The second-order valence-corrected chi connectivity index (χ2v) is 5.87. The highest BCUT2D eigenvalue weighted by atomic mass is 32.2.